The third-order valence-electron chi connectivity index (χ3n) is 3.45. The summed E-state index contributed by atoms with van der Waals surface area (Å²) in [5.74, 6) is 1.12. The maximum atomic E-state index is 12.3. The van der Waals surface area contributed by atoms with Crippen LogP contribution in [0.4, 0.5) is 0 Å². The number of ether oxygens (including phenoxy) is 1. The highest BCUT2D eigenvalue weighted by atomic mass is 35.5. The summed E-state index contributed by atoms with van der Waals surface area (Å²) in [5, 5.41) is 0.693. The highest BCUT2D eigenvalue weighted by molar-refractivity contribution is 6.31. The lowest BCUT2D eigenvalue weighted by atomic mass is 9.83. The van der Waals surface area contributed by atoms with Crippen LogP contribution in [0, 0.1) is 12.8 Å². The molecule has 0 aromatic heterocycles. The van der Waals surface area contributed by atoms with Gasteiger partial charge in [0.15, 0.2) is 0 Å². The summed E-state index contributed by atoms with van der Waals surface area (Å²) in [6.07, 6.45) is 1.47. The van der Waals surface area contributed by atoms with Crippen molar-refractivity contribution in [2.75, 3.05) is 6.61 Å². The molecule has 1 unspecified atom stereocenters. The standard InChI is InChI=1S/C17H25ClO2/c1-6-8-20-16-9-12(5)14(18)10-13(16)17(11(3)4)15(19)7-2/h9-11,17H,6-8H2,1-5H3. The Balaban J connectivity index is 3.30. The van der Waals surface area contributed by atoms with Crippen molar-refractivity contribution < 1.29 is 9.53 Å². The molecule has 0 aliphatic heterocycles. The molecule has 1 aromatic rings. The first kappa shape index (κ1) is 17.0. The topological polar surface area (TPSA) is 26.3 Å². The van der Waals surface area contributed by atoms with Gasteiger partial charge in [0.2, 0.25) is 0 Å². The maximum absolute atomic E-state index is 12.3. The molecule has 1 rings (SSSR count). The number of carbonyl (C=O) groups excluding carboxylic acids is 1. The molecule has 0 saturated carbocycles. The van der Waals surface area contributed by atoms with E-state index >= 15 is 0 Å². The van der Waals surface area contributed by atoms with Crippen molar-refractivity contribution >= 4 is 17.4 Å². The van der Waals surface area contributed by atoms with Crippen molar-refractivity contribution in [3.63, 3.8) is 0 Å². The molecule has 0 radical (unpaired) electrons. The molecule has 1 atom stereocenters. The lowest BCUT2D eigenvalue weighted by molar-refractivity contribution is -0.121. The Morgan fingerprint density at radius 3 is 2.45 bits per heavy atom. The van der Waals surface area contributed by atoms with E-state index in [1.807, 2.05) is 26.0 Å². The SMILES string of the molecule is CCCOc1cc(C)c(Cl)cc1C(C(=O)CC)C(C)C. The summed E-state index contributed by atoms with van der Waals surface area (Å²) in [5.41, 5.74) is 1.91. The Kier molecular flexibility index (Phi) is 6.54. The fourth-order valence-electron chi connectivity index (χ4n) is 2.37. The van der Waals surface area contributed by atoms with Crippen LogP contribution in [0.25, 0.3) is 0 Å². The number of hydrogen-bond acceptors (Lipinski definition) is 2. The molecule has 0 N–H and O–H groups in total. The Morgan fingerprint density at radius 2 is 1.95 bits per heavy atom. The van der Waals surface area contributed by atoms with E-state index in [1.54, 1.807) is 0 Å². The number of halogens is 1. The van der Waals surface area contributed by atoms with Gasteiger partial charge in [-0.15, -0.1) is 0 Å². The number of ketones is 1. The van der Waals surface area contributed by atoms with Crippen LogP contribution >= 0.6 is 11.6 Å². The van der Waals surface area contributed by atoms with Crippen molar-refractivity contribution in [2.24, 2.45) is 5.92 Å². The zero-order valence-corrected chi connectivity index (χ0v) is 13.9. The second-order valence-electron chi connectivity index (χ2n) is 5.53. The van der Waals surface area contributed by atoms with E-state index in [1.165, 1.54) is 0 Å². The highest BCUT2D eigenvalue weighted by Crippen LogP contribution is 2.37. The number of carbonyl (C=O) groups is 1. The largest absolute Gasteiger partial charge is 0.493 e. The van der Waals surface area contributed by atoms with Gasteiger partial charge >= 0.3 is 0 Å². The van der Waals surface area contributed by atoms with Crippen LogP contribution in [0.15, 0.2) is 12.1 Å². The average molecular weight is 297 g/mol. The van der Waals surface area contributed by atoms with E-state index in [0.717, 1.165) is 23.3 Å². The maximum Gasteiger partial charge on any atom is 0.140 e. The van der Waals surface area contributed by atoms with Gasteiger partial charge in [0.05, 0.1) is 6.61 Å². The molecule has 3 heteroatoms. The van der Waals surface area contributed by atoms with Gasteiger partial charge in [0, 0.05) is 22.9 Å². The van der Waals surface area contributed by atoms with Gasteiger partial charge in [-0.3, -0.25) is 4.79 Å². The van der Waals surface area contributed by atoms with Crippen LogP contribution in [0.1, 0.15) is 57.6 Å². The minimum atomic E-state index is -0.148. The summed E-state index contributed by atoms with van der Waals surface area (Å²) in [4.78, 5) is 12.3. The van der Waals surface area contributed by atoms with Crippen LogP contribution in [0.5, 0.6) is 5.75 Å². The van der Waals surface area contributed by atoms with Crippen molar-refractivity contribution in [3.05, 3.63) is 28.3 Å². The molecule has 2 nitrogen and oxygen atoms in total. The fraction of sp³-hybridized carbons (Fsp3) is 0.588. The van der Waals surface area contributed by atoms with Crippen molar-refractivity contribution in [1.29, 1.82) is 0 Å². The van der Waals surface area contributed by atoms with Gasteiger partial charge in [-0.1, -0.05) is 39.3 Å². The lowest BCUT2D eigenvalue weighted by Gasteiger charge is -2.23. The monoisotopic (exact) mass is 296 g/mol. The summed E-state index contributed by atoms with van der Waals surface area (Å²) >= 11 is 6.25. The van der Waals surface area contributed by atoms with Crippen LogP contribution in [0.3, 0.4) is 0 Å². The average Bonchev–Trinajstić information content (AvgIpc) is 2.40. The molecular weight excluding hydrogens is 272 g/mol. The minimum Gasteiger partial charge on any atom is -0.493 e. The number of hydrogen-bond donors (Lipinski definition) is 0. The predicted molar refractivity (Wildman–Crippen MR) is 84.9 cm³/mol. The van der Waals surface area contributed by atoms with Crippen LogP contribution in [-0.2, 0) is 4.79 Å². The fourth-order valence-corrected chi connectivity index (χ4v) is 2.55. The molecule has 0 heterocycles. The molecule has 112 valence electrons. The first-order valence-electron chi connectivity index (χ1n) is 7.37. The minimum absolute atomic E-state index is 0.148. The smallest absolute Gasteiger partial charge is 0.140 e. The van der Waals surface area contributed by atoms with Crippen LogP contribution in [0.2, 0.25) is 5.02 Å². The molecular formula is C17H25ClO2. The third kappa shape index (κ3) is 3.99. The number of Topliss-reactive ketones (excluding diaryl/α,β-unsaturated/α-hetero) is 1. The molecule has 0 saturated heterocycles. The van der Waals surface area contributed by atoms with E-state index in [0.29, 0.717) is 18.1 Å². The van der Waals surface area contributed by atoms with Crippen LogP contribution < -0.4 is 4.74 Å². The molecule has 0 aliphatic rings. The summed E-state index contributed by atoms with van der Waals surface area (Å²) < 4.78 is 5.84. The van der Waals surface area contributed by atoms with E-state index in [2.05, 4.69) is 20.8 Å². The Morgan fingerprint density at radius 1 is 1.30 bits per heavy atom. The van der Waals surface area contributed by atoms with Gasteiger partial charge in [-0.25, -0.2) is 0 Å². The lowest BCUT2D eigenvalue weighted by Crippen LogP contribution is -2.19. The second kappa shape index (κ2) is 7.68. The quantitative estimate of drug-likeness (QED) is 0.695. The number of rotatable bonds is 7. The molecule has 0 fully saturated rings. The Labute approximate surface area is 127 Å². The van der Waals surface area contributed by atoms with Gasteiger partial charge in [-0.05, 0) is 37.0 Å². The normalized spacial score (nSPS) is 12.6. The predicted octanol–water partition coefficient (Wildman–Crippen LogP) is 5.16. The zero-order chi connectivity index (χ0) is 15.3. The van der Waals surface area contributed by atoms with Crippen molar-refractivity contribution in [3.8, 4) is 5.75 Å². The van der Waals surface area contributed by atoms with Gasteiger partial charge in [0.1, 0.15) is 11.5 Å². The molecule has 0 aliphatic carbocycles. The highest BCUT2D eigenvalue weighted by Gasteiger charge is 2.26. The Hall–Kier alpha value is -1.02. The molecule has 1 aromatic carbocycles. The van der Waals surface area contributed by atoms with Crippen LogP contribution in [-0.4, -0.2) is 12.4 Å². The van der Waals surface area contributed by atoms with E-state index in [9.17, 15) is 4.79 Å². The van der Waals surface area contributed by atoms with Gasteiger partial charge < -0.3 is 4.74 Å². The first-order chi connectivity index (χ1) is 9.42. The molecule has 0 bridgehead atoms. The Bertz CT molecular complexity index is 466. The van der Waals surface area contributed by atoms with E-state index in [-0.39, 0.29) is 17.6 Å². The number of aryl methyl sites for hydroxylation is 1. The van der Waals surface area contributed by atoms with Crippen molar-refractivity contribution in [1.82, 2.24) is 0 Å². The van der Waals surface area contributed by atoms with Gasteiger partial charge in [0.25, 0.3) is 0 Å². The molecule has 20 heavy (non-hydrogen) atoms. The molecule has 0 amide bonds. The second-order valence-corrected chi connectivity index (χ2v) is 5.94. The third-order valence-corrected chi connectivity index (χ3v) is 3.86. The summed E-state index contributed by atoms with van der Waals surface area (Å²) in [6.45, 7) is 10.7. The first-order valence-corrected chi connectivity index (χ1v) is 7.75. The molecule has 0 spiro atoms. The van der Waals surface area contributed by atoms with Crippen molar-refractivity contribution in [2.45, 2.75) is 53.4 Å². The zero-order valence-electron chi connectivity index (χ0n) is 13.1. The van der Waals surface area contributed by atoms with E-state index < -0.39 is 0 Å². The summed E-state index contributed by atoms with van der Waals surface area (Å²) in [7, 11) is 0. The van der Waals surface area contributed by atoms with E-state index in [4.69, 9.17) is 16.3 Å². The van der Waals surface area contributed by atoms with Gasteiger partial charge in [-0.2, -0.15) is 0 Å². The number of benzene rings is 1. The summed E-state index contributed by atoms with van der Waals surface area (Å²) in [6, 6.07) is 3.85.